The second kappa shape index (κ2) is 2.92. The molecular formula is C8H8BrN3O. The van der Waals surface area contributed by atoms with Crippen molar-refractivity contribution in [2.75, 3.05) is 12.8 Å². The van der Waals surface area contributed by atoms with Crippen molar-refractivity contribution in [1.82, 2.24) is 9.61 Å². The molecule has 0 amide bonds. The first kappa shape index (κ1) is 8.37. The van der Waals surface area contributed by atoms with Crippen molar-refractivity contribution in [3.63, 3.8) is 0 Å². The lowest BCUT2D eigenvalue weighted by molar-refractivity contribution is 0.417. The third-order valence-corrected chi connectivity index (χ3v) is 2.23. The Hall–Kier alpha value is -1.23. The Bertz CT molecular complexity index is 452. The number of methoxy groups -OCH3 is 1. The van der Waals surface area contributed by atoms with Gasteiger partial charge in [0.05, 0.1) is 19.0 Å². The van der Waals surface area contributed by atoms with Crippen LogP contribution in [-0.2, 0) is 0 Å². The van der Waals surface area contributed by atoms with Gasteiger partial charge in [-0.25, -0.2) is 4.52 Å². The summed E-state index contributed by atoms with van der Waals surface area (Å²) in [7, 11) is 1.61. The van der Waals surface area contributed by atoms with Crippen molar-refractivity contribution in [2.24, 2.45) is 0 Å². The number of nitrogen functional groups attached to an aromatic ring is 1. The van der Waals surface area contributed by atoms with E-state index < -0.39 is 0 Å². The molecule has 2 aromatic rings. The van der Waals surface area contributed by atoms with E-state index in [4.69, 9.17) is 10.5 Å². The summed E-state index contributed by atoms with van der Waals surface area (Å²) in [6.45, 7) is 0. The minimum absolute atomic E-state index is 0.615. The van der Waals surface area contributed by atoms with Crippen LogP contribution in [0.25, 0.3) is 5.52 Å². The van der Waals surface area contributed by atoms with Crippen molar-refractivity contribution >= 4 is 27.1 Å². The summed E-state index contributed by atoms with van der Waals surface area (Å²) in [6, 6.07) is 1.85. The molecule has 0 fully saturated rings. The molecule has 0 unspecified atom stereocenters. The van der Waals surface area contributed by atoms with Gasteiger partial charge in [-0.15, -0.1) is 0 Å². The Morgan fingerprint density at radius 2 is 2.38 bits per heavy atom. The van der Waals surface area contributed by atoms with Crippen LogP contribution < -0.4 is 10.5 Å². The number of fused-ring (bicyclic) bond motifs is 1. The van der Waals surface area contributed by atoms with Gasteiger partial charge in [-0.05, 0) is 22.0 Å². The Morgan fingerprint density at radius 1 is 1.62 bits per heavy atom. The first-order valence-corrected chi connectivity index (χ1v) is 4.48. The van der Waals surface area contributed by atoms with Gasteiger partial charge < -0.3 is 10.5 Å². The van der Waals surface area contributed by atoms with E-state index in [1.807, 2.05) is 12.3 Å². The SMILES string of the molecule is COc1cc(Br)cn2ncc(N)c12. The molecule has 0 aliphatic carbocycles. The van der Waals surface area contributed by atoms with Gasteiger partial charge in [0.1, 0.15) is 11.3 Å². The van der Waals surface area contributed by atoms with E-state index in [2.05, 4.69) is 21.0 Å². The van der Waals surface area contributed by atoms with Gasteiger partial charge in [-0.2, -0.15) is 5.10 Å². The van der Waals surface area contributed by atoms with Crippen molar-refractivity contribution < 1.29 is 4.74 Å². The first-order valence-electron chi connectivity index (χ1n) is 3.68. The average molecular weight is 242 g/mol. The highest BCUT2D eigenvalue weighted by Gasteiger charge is 2.07. The largest absolute Gasteiger partial charge is 0.494 e. The molecule has 0 aromatic carbocycles. The summed E-state index contributed by atoms with van der Waals surface area (Å²) in [5, 5.41) is 4.07. The highest BCUT2D eigenvalue weighted by Crippen LogP contribution is 2.27. The molecule has 0 aliphatic heterocycles. The van der Waals surface area contributed by atoms with Crippen LogP contribution in [0.2, 0.25) is 0 Å². The third-order valence-electron chi connectivity index (χ3n) is 1.79. The number of nitrogens with two attached hydrogens (primary N) is 1. The predicted octanol–water partition coefficient (Wildman–Crippen LogP) is 1.69. The summed E-state index contributed by atoms with van der Waals surface area (Å²) in [5.74, 6) is 0.712. The number of hydrogen-bond acceptors (Lipinski definition) is 3. The van der Waals surface area contributed by atoms with Crippen LogP contribution in [-0.4, -0.2) is 16.7 Å². The lowest BCUT2D eigenvalue weighted by Gasteiger charge is -2.03. The molecule has 5 heteroatoms. The van der Waals surface area contributed by atoms with E-state index in [0.29, 0.717) is 11.4 Å². The number of aromatic nitrogens is 2. The van der Waals surface area contributed by atoms with Crippen LogP contribution >= 0.6 is 15.9 Å². The molecule has 68 valence electrons. The highest BCUT2D eigenvalue weighted by molar-refractivity contribution is 9.10. The minimum atomic E-state index is 0.615. The maximum atomic E-state index is 5.72. The first-order chi connectivity index (χ1) is 6.22. The zero-order chi connectivity index (χ0) is 9.42. The van der Waals surface area contributed by atoms with Crippen molar-refractivity contribution in [3.8, 4) is 5.75 Å². The van der Waals surface area contributed by atoms with E-state index in [1.54, 1.807) is 17.8 Å². The fraction of sp³-hybridized carbons (Fsp3) is 0.125. The number of nitrogens with zero attached hydrogens (tertiary/aromatic N) is 2. The number of hydrogen-bond donors (Lipinski definition) is 1. The monoisotopic (exact) mass is 241 g/mol. The lowest BCUT2D eigenvalue weighted by Crippen LogP contribution is -1.93. The third kappa shape index (κ3) is 1.25. The lowest BCUT2D eigenvalue weighted by atomic mass is 10.3. The predicted molar refractivity (Wildman–Crippen MR) is 53.9 cm³/mol. The second-order valence-corrected chi connectivity index (χ2v) is 3.54. The van der Waals surface area contributed by atoms with Crippen LogP contribution in [0.3, 0.4) is 0 Å². The number of pyridine rings is 1. The molecule has 13 heavy (non-hydrogen) atoms. The molecule has 2 aromatic heterocycles. The van der Waals surface area contributed by atoms with Gasteiger partial charge in [0, 0.05) is 10.7 Å². The van der Waals surface area contributed by atoms with Gasteiger partial charge >= 0.3 is 0 Å². The second-order valence-electron chi connectivity index (χ2n) is 2.62. The van der Waals surface area contributed by atoms with E-state index in [9.17, 15) is 0 Å². The molecule has 2 rings (SSSR count). The normalized spacial score (nSPS) is 10.6. The van der Waals surface area contributed by atoms with E-state index in [1.165, 1.54) is 0 Å². The van der Waals surface area contributed by atoms with Crippen LogP contribution in [0.4, 0.5) is 5.69 Å². The minimum Gasteiger partial charge on any atom is -0.494 e. The number of rotatable bonds is 1. The fourth-order valence-corrected chi connectivity index (χ4v) is 1.63. The highest BCUT2D eigenvalue weighted by atomic mass is 79.9. The van der Waals surface area contributed by atoms with Crippen molar-refractivity contribution in [3.05, 3.63) is 22.9 Å². The Labute approximate surface area is 83.4 Å². The topological polar surface area (TPSA) is 52.5 Å². The Morgan fingerprint density at radius 3 is 3.08 bits per heavy atom. The zero-order valence-electron chi connectivity index (χ0n) is 6.99. The summed E-state index contributed by atoms with van der Waals surface area (Å²) in [4.78, 5) is 0. The van der Waals surface area contributed by atoms with Gasteiger partial charge in [-0.1, -0.05) is 0 Å². The van der Waals surface area contributed by atoms with Gasteiger partial charge in [0.15, 0.2) is 0 Å². The zero-order valence-corrected chi connectivity index (χ0v) is 8.58. The van der Waals surface area contributed by atoms with Crippen molar-refractivity contribution in [1.29, 1.82) is 0 Å². The fourth-order valence-electron chi connectivity index (χ4n) is 1.23. The molecule has 0 radical (unpaired) electrons. The van der Waals surface area contributed by atoms with Gasteiger partial charge in [0.25, 0.3) is 0 Å². The average Bonchev–Trinajstić information content (AvgIpc) is 2.46. The smallest absolute Gasteiger partial charge is 0.147 e. The Kier molecular flexibility index (Phi) is 1.88. The van der Waals surface area contributed by atoms with Gasteiger partial charge in [-0.3, -0.25) is 0 Å². The molecule has 2 N–H and O–H groups in total. The number of ether oxygens (including phenoxy) is 1. The molecule has 0 bridgehead atoms. The van der Waals surface area contributed by atoms with E-state index in [0.717, 1.165) is 9.99 Å². The van der Waals surface area contributed by atoms with Crippen LogP contribution in [0.15, 0.2) is 22.9 Å². The Balaban J connectivity index is 2.85. The molecule has 0 saturated carbocycles. The number of anilines is 1. The molecule has 0 spiro atoms. The maximum Gasteiger partial charge on any atom is 0.147 e. The van der Waals surface area contributed by atoms with Crippen LogP contribution in [0.5, 0.6) is 5.75 Å². The quantitative estimate of drug-likeness (QED) is 0.827. The molecular weight excluding hydrogens is 234 g/mol. The van der Waals surface area contributed by atoms with Crippen molar-refractivity contribution in [2.45, 2.75) is 0 Å². The van der Waals surface area contributed by atoms with Crippen LogP contribution in [0.1, 0.15) is 0 Å². The summed E-state index contributed by atoms with van der Waals surface area (Å²) in [5.41, 5.74) is 7.14. The molecule has 2 heterocycles. The molecule has 4 nitrogen and oxygen atoms in total. The summed E-state index contributed by atoms with van der Waals surface area (Å²) < 4.78 is 7.76. The standard InChI is InChI=1S/C8H8BrN3O/c1-13-7-2-5(9)4-12-8(7)6(10)3-11-12/h2-4H,10H2,1H3. The summed E-state index contributed by atoms with van der Waals surface area (Å²) >= 11 is 3.35. The van der Waals surface area contributed by atoms with Gasteiger partial charge in [0.2, 0.25) is 0 Å². The molecule has 0 aliphatic rings. The molecule has 0 atom stereocenters. The maximum absolute atomic E-state index is 5.72. The van der Waals surface area contributed by atoms with Crippen LogP contribution in [0, 0.1) is 0 Å². The number of halogens is 1. The summed E-state index contributed by atoms with van der Waals surface area (Å²) in [6.07, 6.45) is 3.43. The van der Waals surface area contributed by atoms with E-state index in [-0.39, 0.29) is 0 Å². The molecule has 0 saturated heterocycles. The van der Waals surface area contributed by atoms with E-state index >= 15 is 0 Å².